The number of amides is 1. The number of benzene rings is 1. The zero-order chi connectivity index (χ0) is 9.26. The maximum absolute atomic E-state index is 11.3. The van der Waals surface area contributed by atoms with Crippen molar-refractivity contribution in [2.24, 2.45) is 0 Å². The van der Waals surface area contributed by atoms with E-state index in [9.17, 15) is 4.79 Å². The molecule has 1 aromatic carbocycles. The summed E-state index contributed by atoms with van der Waals surface area (Å²) in [5.41, 5.74) is 2.27. The van der Waals surface area contributed by atoms with Gasteiger partial charge in [-0.2, -0.15) is 0 Å². The molecular formula is C11H13NO. The Morgan fingerprint density at radius 2 is 2.23 bits per heavy atom. The molecule has 1 N–H and O–H groups in total. The van der Waals surface area contributed by atoms with Crippen LogP contribution in [0.25, 0.3) is 0 Å². The van der Waals surface area contributed by atoms with Gasteiger partial charge in [0.15, 0.2) is 0 Å². The molecule has 2 heteroatoms. The Morgan fingerprint density at radius 1 is 1.46 bits per heavy atom. The number of carbonyl (C=O) groups excluding carboxylic acids is 1. The van der Waals surface area contributed by atoms with E-state index in [0.717, 1.165) is 12.1 Å². The van der Waals surface area contributed by atoms with Gasteiger partial charge in [0.1, 0.15) is 0 Å². The second kappa shape index (κ2) is 3.21. The van der Waals surface area contributed by atoms with Gasteiger partial charge in [0.2, 0.25) is 5.91 Å². The summed E-state index contributed by atoms with van der Waals surface area (Å²) in [5.74, 6) is 0.551. The summed E-state index contributed by atoms with van der Waals surface area (Å²) < 4.78 is 0. The van der Waals surface area contributed by atoms with Gasteiger partial charge in [0.25, 0.3) is 0 Å². The van der Waals surface area contributed by atoms with Gasteiger partial charge in [-0.3, -0.25) is 4.79 Å². The van der Waals surface area contributed by atoms with Gasteiger partial charge >= 0.3 is 0 Å². The molecule has 1 heterocycles. The molecule has 1 amide bonds. The first-order valence-corrected chi connectivity index (χ1v) is 4.70. The molecule has 0 aromatic heterocycles. The van der Waals surface area contributed by atoms with E-state index in [1.165, 1.54) is 5.56 Å². The molecule has 0 fully saturated rings. The van der Waals surface area contributed by atoms with E-state index in [-0.39, 0.29) is 5.91 Å². The molecule has 0 spiro atoms. The molecule has 0 radical (unpaired) electrons. The first kappa shape index (κ1) is 8.30. The quantitative estimate of drug-likeness (QED) is 0.698. The van der Waals surface area contributed by atoms with Crippen LogP contribution in [0.2, 0.25) is 0 Å². The molecule has 1 atom stereocenters. The van der Waals surface area contributed by atoms with Crippen molar-refractivity contribution in [3.05, 3.63) is 29.8 Å². The molecule has 0 saturated heterocycles. The summed E-state index contributed by atoms with van der Waals surface area (Å²) in [6.45, 7) is 2.13. The van der Waals surface area contributed by atoms with Gasteiger partial charge < -0.3 is 5.32 Å². The number of nitrogens with one attached hydrogen (secondary N) is 1. The van der Waals surface area contributed by atoms with Crippen LogP contribution in [0.5, 0.6) is 0 Å². The van der Waals surface area contributed by atoms with Gasteiger partial charge in [-0.15, -0.1) is 0 Å². The van der Waals surface area contributed by atoms with E-state index in [1.54, 1.807) is 0 Å². The van der Waals surface area contributed by atoms with Gasteiger partial charge in [0.05, 0.1) is 0 Å². The van der Waals surface area contributed by atoms with E-state index in [2.05, 4.69) is 18.3 Å². The summed E-state index contributed by atoms with van der Waals surface area (Å²) in [5, 5.41) is 2.89. The topological polar surface area (TPSA) is 29.1 Å². The third kappa shape index (κ3) is 1.44. The summed E-state index contributed by atoms with van der Waals surface area (Å²) in [7, 11) is 0. The maximum atomic E-state index is 11.3. The van der Waals surface area contributed by atoms with Crippen LogP contribution < -0.4 is 5.32 Å². The number of hydrogen-bond donors (Lipinski definition) is 1. The lowest BCUT2D eigenvalue weighted by molar-refractivity contribution is -0.116. The third-order valence-electron chi connectivity index (χ3n) is 2.60. The molecule has 0 aliphatic carbocycles. The molecule has 0 bridgehead atoms. The molecule has 2 rings (SSSR count). The van der Waals surface area contributed by atoms with Crippen LogP contribution >= 0.6 is 0 Å². The van der Waals surface area contributed by atoms with Gasteiger partial charge in [-0.1, -0.05) is 25.1 Å². The molecule has 1 aromatic rings. The number of carbonyl (C=O) groups is 1. The average molecular weight is 175 g/mol. The number of anilines is 1. The molecule has 0 saturated carbocycles. The normalized spacial score (nSPS) is 20.7. The Labute approximate surface area is 78.0 Å². The van der Waals surface area contributed by atoms with Gasteiger partial charge in [-0.05, 0) is 24.0 Å². The van der Waals surface area contributed by atoms with Crippen molar-refractivity contribution in [1.29, 1.82) is 0 Å². The minimum atomic E-state index is 0.144. The lowest BCUT2D eigenvalue weighted by atomic mass is 9.89. The van der Waals surface area contributed by atoms with E-state index < -0.39 is 0 Å². The number of fused-ring (bicyclic) bond motifs is 1. The Bertz CT molecular complexity index is 333. The Balaban J connectivity index is 2.42. The highest BCUT2D eigenvalue weighted by Gasteiger charge is 2.22. The third-order valence-corrected chi connectivity index (χ3v) is 2.60. The van der Waals surface area contributed by atoms with Crippen LogP contribution in [0.15, 0.2) is 24.3 Å². The van der Waals surface area contributed by atoms with Crippen LogP contribution in [0, 0.1) is 0 Å². The van der Waals surface area contributed by atoms with Crippen LogP contribution in [0.1, 0.15) is 31.2 Å². The number of hydrogen-bond acceptors (Lipinski definition) is 1. The Hall–Kier alpha value is -1.31. The van der Waals surface area contributed by atoms with Crippen molar-refractivity contribution in [2.75, 3.05) is 5.32 Å². The predicted molar refractivity (Wildman–Crippen MR) is 52.7 cm³/mol. The SMILES string of the molecule is CCC1CC(=O)Nc2ccccc21. The van der Waals surface area contributed by atoms with Gasteiger partial charge in [-0.25, -0.2) is 0 Å². The standard InChI is InChI=1S/C11H13NO/c1-2-8-7-11(13)12-10-6-4-3-5-9(8)10/h3-6,8H,2,7H2,1H3,(H,12,13). The first-order valence-electron chi connectivity index (χ1n) is 4.70. The maximum Gasteiger partial charge on any atom is 0.224 e. The van der Waals surface area contributed by atoms with Crippen molar-refractivity contribution < 1.29 is 4.79 Å². The fourth-order valence-corrected chi connectivity index (χ4v) is 1.87. The molecule has 1 aliphatic rings. The minimum absolute atomic E-state index is 0.144. The lowest BCUT2D eigenvalue weighted by Crippen LogP contribution is -2.22. The van der Waals surface area contributed by atoms with Crippen molar-refractivity contribution in [2.45, 2.75) is 25.7 Å². The lowest BCUT2D eigenvalue weighted by Gasteiger charge is -2.24. The van der Waals surface area contributed by atoms with Crippen molar-refractivity contribution in [3.63, 3.8) is 0 Å². The summed E-state index contributed by atoms with van der Waals surface area (Å²) in [4.78, 5) is 11.3. The zero-order valence-electron chi connectivity index (χ0n) is 7.71. The van der Waals surface area contributed by atoms with Gasteiger partial charge in [0, 0.05) is 12.1 Å². The second-order valence-electron chi connectivity index (χ2n) is 3.44. The predicted octanol–water partition coefficient (Wildman–Crippen LogP) is 2.52. The first-order chi connectivity index (χ1) is 6.31. The fraction of sp³-hybridized carbons (Fsp3) is 0.364. The number of para-hydroxylation sites is 1. The number of rotatable bonds is 1. The fourth-order valence-electron chi connectivity index (χ4n) is 1.87. The second-order valence-corrected chi connectivity index (χ2v) is 3.44. The van der Waals surface area contributed by atoms with Crippen LogP contribution in [-0.4, -0.2) is 5.91 Å². The highest BCUT2D eigenvalue weighted by molar-refractivity contribution is 5.94. The molecule has 1 aliphatic heterocycles. The summed E-state index contributed by atoms with van der Waals surface area (Å²) >= 11 is 0. The van der Waals surface area contributed by atoms with Crippen molar-refractivity contribution in [1.82, 2.24) is 0 Å². The Kier molecular flexibility index (Phi) is 2.05. The van der Waals surface area contributed by atoms with Crippen LogP contribution in [0.3, 0.4) is 0 Å². The molecule has 2 nitrogen and oxygen atoms in total. The summed E-state index contributed by atoms with van der Waals surface area (Å²) in [6.07, 6.45) is 1.66. The van der Waals surface area contributed by atoms with E-state index >= 15 is 0 Å². The highest BCUT2D eigenvalue weighted by atomic mass is 16.1. The van der Waals surface area contributed by atoms with E-state index in [0.29, 0.717) is 12.3 Å². The summed E-state index contributed by atoms with van der Waals surface area (Å²) in [6, 6.07) is 8.05. The molecule has 68 valence electrons. The van der Waals surface area contributed by atoms with Crippen molar-refractivity contribution in [3.8, 4) is 0 Å². The van der Waals surface area contributed by atoms with Crippen LogP contribution in [-0.2, 0) is 4.79 Å². The average Bonchev–Trinajstić information content (AvgIpc) is 2.16. The minimum Gasteiger partial charge on any atom is -0.326 e. The van der Waals surface area contributed by atoms with E-state index in [1.807, 2.05) is 18.2 Å². The molecular weight excluding hydrogens is 162 g/mol. The largest absolute Gasteiger partial charge is 0.326 e. The van der Waals surface area contributed by atoms with Crippen LogP contribution in [0.4, 0.5) is 5.69 Å². The smallest absolute Gasteiger partial charge is 0.224 e. The van der Waals surface area contributed by atoms with Crippen molar-refractivity contribution >= 4 is 11.6 Å². The molecule has 13 heavy (non-hydrogen) atoms. The van der Waals surface area contributed by atoms with E-state index in [4.69, 9.17) is 0 Å². The zero-order valence-corrected chi connectivity index (χ0v) is 7.71. The monoisotopic (exact) mass is 175 g/mol. The Morgan fingerprint density at radius 3 is 3.00 bits per heavy atom. The highest BCUT2D eigenvalue weighted by Crippen LogP contribution is 2.33. The molecule has 1 unspecified atom stereocenters.